The lowest BCUT2D eigenvalue weighted by atomic mass is 9.99. The van der Waals surface area contributed by atoms with Crippen LogP contribution >= 0.6 is 0 Å². The van der Waals surface area contributed by atoms with Gasteiger partial charge in [0.25, 0.3) is 0 Å². The van der Waals surface area contributed by atoms with E-state index in [1.54, 1.807) is 6.08 Å². The van der Waals surface area contributed by atoms with Crippen LogP contribution in [0.2, 0.25) is 0 Å². The molecule has 1 saturated heterocycles. The molecule has 0 radical (unpaired) electrons. The van der Waals surface area contributed by atoms with Crippen molar-refractivity contribution in [3.8, 4) is 0 Å². The Morgan fingerprint density at radius 2 is 0.822 bits per heavy atom. The van der Waals surface area contributed by atoms with Gasteiger partial charge >= 0.3 is 0 Å². The predicted molar refractivity (Wildman–Crippen MR) is 309 cm³/mol. The molecule has 0 aliphatic carbocycles. The number of hydrogen-bond donors (Lipinski definition) is 6. The van der Waals surface area contributed by atoms with Crippen LogP contribution in [0.25, 0.3) is 0 Å². The Morgan fingerprint density at radius 1 is 0.466 bits per heavy atom. The van der Waals surface area contributed by atoms with E-state index >= 15 is 0 Å². The van der Waals surface area contributed by atoms with Crippen molar-refractivity contribution in [3.63, 3.8) is 0 Å². The van der Waals surface area contributed by atoms with Crippen molar-refractivity contribution >= 4 is 5.91 Å². The Hall–Kier alpha value is -2.11. The highest BCUT2D eigenvalue weighted by Gasteiger charge is 2.44. The number of carbonyl (C=O) groups excluding carboxylic acids is 1. The van der Waals surface area contributed by atoms with Gasteiger partial charge in [0.05, 0.1) is 25.4 Å². The SMILES string of the molecule is CCCCC/C=C\C/C=C\CCCCCCCCCCCC(=O)NC(COC1OC(CO)C(O)C(O)C1O)C(O)/C=C/CC/C=C/CC/C=C/CCCCCCCCCCCCCCCCCCCCCCC. The van der Waals surface area contributed by atoms with Gasteiger partial charge in [0, 0.05) is 6.42 Å². The van der Waals surface area contributed by atoms with E-state index < -0.39 is 49.5 Å². The quantitative estimate of drug-likeness (QED) is 0.0261. The maximum atomic E-state index is 13.1. The summed E-state index contributed by atoms with van der Waals surface area (Å²) in [5.74, 6) is -0.195. The molecule has 1 rings (SSSR count). The summed E-state index contributed by atoms with van der Waals surface area (Å²) < 4.78 is 11.3. The number of unbranched alkanes of at least 4 members (excludes halogenated alkanes) is 35. The zero-order valence-electron chi connectivity index (χ0n) is 47.4. The third kappa shape index (κ3) is 42.7. The molecule has 1 aliphatic heterocycles. The molecule has 1 heterocycles. The molecule has 0 aromatic rings. The number of ether oxygens (including phenoxy) is 2. The number of rotatable bonds is 53. The summed E-state index contributed by atoms with van der Waals surface area (Å²) in [5, 5.41) is 54.5. The van der Waals surface area contributed by atoms with Gasteiger partial charge in [-0.15, -0.1) is 0 Å². The number of hydrogen-bond acceptors (Lipinski definition) is 8. The van der Waals surface area contributed by atoms with Crippen molar-refractivity contribution in [2.24, 2.45) is 0 Å². The summed E-state index contributed by atoms with van der Waals surface area (Å²) in [6.07, 6.45) is 65.9. The summed E-state index contributed by atoms with van der Waals surface area (Å²) in [4.78, 5) is 13.1. The molecule has 7 unspecified atom stereocenters. The Morgan fingerprint density at radius 3 is 1.26 bits per heavy atom. The molecule has 0 aromatic carbocycles. The fourth-order valence-corrected chi connectivity index (χ4v) is 9.63. The first-order valence-corrected chi connectivity index (χ1v) is 31.0. The van der Waals surface area contributed by atoms with Crippen LogP contribution in [0.5, 0.6) is 0 Å². The monoisotopic (exact) mass is 1030 g/mol. The lowest BCUT2D eigenvalue weighted by Gasteiger charge is -2.40. The van der Waals surface area contributed by atoms with E-state index in [4.69, 9.17) is 9.47 Å². The van der Waals surface area contributed by atoms with E-state index in [-0.39, 0.29) is 12.5 Å². The van der Waals surface area contributed by atoms with Crippen molar-refractivity contribution in [2.45, 2.75) is 326 Å². The summed E-state index contributed by atoms with van der Waals surface area (Å²) in [6.45, 7) is 3.75. The second kappa shape index (κ2) is 53.3. The number of nitrogens with one attached hydrogen (secondary N) is 1. The predicted octanol–water partition coefficient (Wildman–Crippen LogP) is 15.9. The highest BCUT2D eigenvalue weighted by atomic mass is 16.7. The van der Waals surface area contributed by atoms with Crippen molar-refractivity contribution < 1.29 is 39.8 Å². The summed E-state index contributed by atoms with van der Waals surface area (Å²) >= 11 is 0. The Labute approximate surface area is 449 Å². The second-order valence-corrected chi connectivity index (χ2v) is 21.5. The maximum absolute atomic E-state index is 13.1. The third-order valence-electron chi connectivity index (χ3n) is 14.5. The number of aliphatic hydroxyl groups is 5. The van der Waals surface area contributed by atoms with Crippen molar-refractivity contribution in [1.82, 2.24) is 5.32 Å². The van der Waals surface area contributed by atoms with Gasteiger partial charge in [0.2, 0.25) is 5.91 Å². The molecule has 6 N–H and O–H groups in total. The van der Waals surface area contributed by atoms with Gasteiger partial charge in [0.15, 0.2) is 6.29 Å². The summed E-state index contributed by atoms with van der Waals surface area (Å²) in [7, 11) is 0. The van der Waals surface area contributed by atoms with E-state index in [9.17, 15) is 30.3 Å². The lowest BCUT2D eigenvalue weighted by Crippen LogP contribution is -2.60. The van der Waals surface area contributed by atoms with Crippen LogP contribution < -0.4 is 5.32 Å². The van der Waals surface area contributed by atoms with Crippen molar-refractivity contribution in [3.05, 3.63) is 60.8 Å². The second-order valence-electron chi connectivity index (χ2n) is 21.5. The van der Waals surface area contributed by atoms with Gasteiger partial charge in [-0.2, -0.15) is 0 Å². The fourth-order valence-electron chi connectivity index (χ4n) is 9.63. The molecule has 0 aromatic heterocycles. The molecule has 73 heavy (non-hydrogen) atoms. The number of allylic oxidation sites excluding steroid dienone is 9. The van der Waals surface area contributed by atoms with Gasteiger partial charge < -0.3 is 40.3 Å². The van der Waals surface area contributed by atoms with Crippen LogP contribution in [0, 0.1) is 0 Å². The van der Waals surface area contributed by atoms with Crippen molar-refractivity contribution in [2.75, 3.05) is 13.2 Å². The van der Waals surface area contributed by atoms with Crippen LogP contribution in [-0.2, 0) is 14.3 Å². The van der Waals surface area contributed by atoms with Gasteiger partial charge in [-0.05, 0) is 77.0 Å². The van der Waals surface area contributed by atoms with Gasteiger partial charge in [-0.1, -0.05) is 261 Å². The van der Waals surface area contributed by atoms with Crippen LogP contribution in [0.3, 0.4) is 0 Å². The van der Waals surface area contributed by atoms with Gasteiger partial charge in [-0.25, -0.2) is 0 Å². The van der Waals surface area contributed by atoms with Gasteiger partial charge in [0.1, 0.15) is 24.4 Å². The molecular formula is C64H117NO8. The molecule has 426 valence electrons. The molecule has 0 bridgehead atoms. The van der Waals surface area contributed by atoms with Crippen LogP contribution in [-0.4, -0.2) is 87.5 Å². The normalized spacial score (nSPS) is 19.5. The first kappa shape index (κ1) is 68.9. The van der Waals surface area contributed by atoms with E-state index in [0.29, 0.717) is 6.42 Å². The molecule has 1 fully saturated rings. The average molecular weight is 1030 g/mol. The maximum Gasteiger partial charge on any atom is 0.220 e. The first-order valence-electron chi connectivity index (χ1n) is 31.0. The Balaban J connectivity index is 2.21. The Kier molecular flexibility index (Phi) is 50.3. The molecule has 1 aliphatic rings. The zero-order chi connectivity index (χ0) is 52.9. The minimum Gasteiger partial charge on any atom is -0.394 e. The minimum atomic E-state index is -1.58. The minimum absolute atomic E-state index is 0.195. The lowest BCUT2D eigenvalue weighted by molar-refractivity contribution is -0.302. The molecular weight excluding hydrogens is 911 g/mol. The number of carbonyl (C=O) groups is 1. The Bertz CT molecular complexity index is 1330. The van der Waals surface area contributed by atoms with E-state index in [1.807, 2.05) is 6.08 Å². The van der Waals surface area contributed by atoms with E-state index in [1.165, 1.54) is 199 Å². The largest absolute Gasteiger partial charge is 0.394 e. The first-order chi connectivity index (χ1) is 35.8. The molecule has 9 nitrogen and oxygen atoms in total. The summed E-state index contributed by atoms with van der Waals surface area (Å²) in [6, 6.07) is -0.834. The van der Waals surface area contributed by atoms with Crippen LogP contribution in [0.4, 0.5) is 0 Å². The molecule has 0 saturated carbocycles. The standard InChI is InChI=1S/C64H117NO8/c1-3-5-7-9-11-13-15-17-19-21-23-24-25-26-27-28-29-30-31-32-33-34-36-37-39-41-43-45-47-49-51-53-58(67)57(56-72-64-63(71)62(70)61(69)59(55-66)73-64)65-60(68)54-52-50-48-46-44-42-40-38-35-22-20-18-16-14-12-10-8-6-4-2/h12,14,18,20,36-37,43,45,51,53,57-59,61-64,66-67,69-71H,3-11,13,15-17,19,21-35,38-42,44,46-50,52,54-56H2,1-2H3,(H,65,68)/b14-12-,20-18-,37-36+,45-43+,53-51+. The molecule has 0 spiro atoms. The summed E-state index contributed by atoms with van der Waals surface area (Å²) in [5.41, 5.74) is 0. The highest BCUT2D eigenvalue weighted by Crippen LogP contribution is 2.23. The smallest absolute Gasteiger partial charge is 0.220 e. The molecule has 9 heteroatoms. The van der Waals surface area contributed by atoms with Gasteiger partial charge in [-0.3, -0.25) is 4.79 Å². The zero-order valence-corrected chi connectivity index (χ0v) is 47.4. The molecule has 1 amide bonds. The fraction of sp³-hybridized carbons (Fsp3) is 0.828. The number of aliphatic hydroxyl groups excluding tert-OH is 5. The number of amides is 1. The van der Waals surface area contributed by atoms with E-state index in [2.05, 4.69) is 67.8 Å². The van der Waals surface area contributed by atoms with Crippen LogP contribution in [0.15, 0.2) is 60.8 Å². The average Bonchev–Trinajstić information content (AvgIpc) is 3.39. The van der Waals surface area contributed by atoms with Crippen molar-refractivity contribution in [1.29, 1.82) is 0 Å². The third-order valence-corrected chi connectivity index (χ3v) is 14.5. The topological polar surface area (TPSA) is 149 Å². The highest BCUT2D eigenvalue weighted by molar-refractivity contribution is 5.76. The molecule has 7 atom stereocenters. The van der Waals surface area contributed by atoms with Crippen LogP contribution in [0.1, 0.15) is 284 Å². The van der Waals surface area contributed by atoms with E-state index in [0.717, 1.165) is 64.2 Å².